The average molecular weight is 222 g/mol. The van der Waals surface area contributed by atoms with Crippen molar-refractivity contribution < 1.29 is 4.79 Å². The van der Waals surface area contributed by atoms with Crippen molar-refractivity contribution in [3.63, 3.8) is 0 Å². The number of aromatic nitrogens is 2. The van der Waals surface area contributed by atoms with Crippen molar-refractivity contribution in [1.82, 2.24) is 9.38 Å². The Morgan fingerprint density at radius 2 is 2.33 bits per heavy atom. The summed E-state index contributed by atoms with van der Waals surface area (Å²) in [4.78, 5) is 17.6. The van der Waals surface area contributed by atoms with Gasteiger partial charge >= 0.3 is 0 Å². The minimum absolute atomic E-state index is 0.487. The topological polar surface area (TPSA) is 34.4 Å². The van der Waals surface area contributed by atoms with Crippen LogP contribution in [0.25, 0.3) is 4.96 Å². The Kier molecular flexibility index (Phi) is 2.61. The number of hydrogen-bond donors (Lipinski definition) is 0. The quantitative estimate of drug-likeness (QED) is 0.748. The Bertz CT molecular complexity index is 496. The van der Waals surface area contributed by atoms with Crippen molar-refractivity contribution in [2.24, 2.45) is 0 Å². The van der Waals surface area contributed by atoms with Crippen LogP contribution in [0.5, 0.6) is 0 Å². The van der Waals surface area contributed by atoms with Crippen LogP contribution < -0.4 is 0 Å². The van der Waals surface area contributed by atoms with Crippen LogP contribution >= 0.6 is 11.3 Å². The second kappa shape index (κ2) is 3.77. The molecule has 0 aliphatic heterocycles. The van der Waals surface area contributed by atoms with Crippen LogP contribution in [-0.2, 0) is 6.42 Å². The fourth-order valence-corrected chi connectivity index (χ4v) is 2.59. The first kappa shape index (κ1) is 10.4. The average Bonchev–Trinajstić information content (AvgIpc) is 2.72. The lowest BCUT2D eigenvalue weighted by molar-refractivity contribution is 0.111. The maximum Gasteiger partial charge on any atom is 0.194 e. The van der Waals surface area contributed by atoms with Gasteiger partial charge in [-0.25, -0.2) is 4.98 Å². The molecule has 15 heavy (non-hydrogen) atoms. The number of hydrogen-bond acceptors (Lipinski definition) is 3. The highest BCUT2D eigenvalue weighted by atomic mass is 32.1. The third-order valence-electron chi connectivity index (χ3n) is 2.47. The Morgan fingerprint density at radius 3 is 2.87 bits per heavy atom. The molecule has 0 N–H and O–H groups in total. The van der Waals surface area contributed by atoms with Gasteiger partial charge in [0.1, 0.15) is 5.69 Å². The summed E-state index contributed by atoms with van der Waals surface area (Å²) in [6, 6.07) is 0. The highest BCUT2D eigenvalue weighted by Crippen LogP contribution is 2.26. The molecule has 0 aliphatic carbocycles. The molecule has 0 saturated heterocycles. The summed E-state index contributed by atoms with van der Waals surface area (Å²) in [5.74, 6) is 0.487. The van der Waals surface area contributed by atoms with Gasteiger partial charge in [0.25, 0.3) is 0 Å². The molecule has 4 heteroatoms. The number of aldehydes is 1. The Balaban J connectivity index is 2.64. The van der Waals surface area contributed by atoms with Crippen molar-refractivity contribution in [2.75, 3.05) is 0 Å². The highest BCUT2D eigenvalue weighted by Gasteiger charge is 2.14. The molecule has 0 aromatic carbocycles. The van der Waals surface area contributed by atoms with Crippen molar-refractivity contribution >= 4 is 22.6 Å². The van der Waals surface area contributed by atoms with E-state index in [1.807, 2.05) is 17.5 Å². The number of carbonyl (C=O) groups excluding carboxylic acids is 1. The number of carbonyl (C=O) groups is 1. The van der Waals surface area contributed by atoms with Crippen LogP contribution in [0.4, 0.5) is 0 Å². The van der Waals surface area contributed by atoms with Gasteiger partial charge < -0.3 is 0 Å². The number of nitrogens with zero attached hydrogens (tertiary/aromatic N) is 2. The molecular formula is C11H14N2OS. The molecule has 0 unspecified atom stereocenters. The van der Waals surface area contributed by atoms with E-state index in [9.17, 15) is 4.79 Å². The van der Waals surface area contributed by atoms with Gasteiger partial charge in [0.15, 0.2) is 11.2 Å². The monoisotopic (exact) mass is 222 g/mol. The van der Waals surface area contributed by atoms with E-state index in [4.69, 9.17) is 0 Å². The fourth-order valence-electron chi connectivity index (χ4n) is 1.58. The fraction of sp³-hybridized carbons (Fsp3) is 0.455. The van der Waals surface area contributed by atoms with Crippen molar-refractivity contribution in [3.8, 4) is 0 Å². The van der Waals surface area contributed by atoms with Crippen LogP contribution in [0, 0.1) is 0 Å². The minimum Gasteiger partial charge on any atom is -0.296 e. The maximum atomic E-state index is 11.0. The number of rotatable bonds is 3. The normalized spacial score (nSPS) is 11.5. The molecule has 2 aromatic heterocycles. The second-order valence-electron chi connectivity index (χ2n) is 3.86. The van der Waals surface area contributed by atoms with E-state index in [1.165, 1.54) is 4.88 Å². The van der Waals surface area contributed by atoms with Gasteiger partial charge in [-0.1, -0.05) is 20.8 Å². The summed E-state index contributed by atoms with van der Waals surface area (Å²) >= 11 is 1.66. The summed E-state index contributed by atoms with van der Waals surface area (Å²) < 4.78 is 1.91. The molecule has 0 fully saturated rings. The van der Waals surface area contributed by atoms with Crippen molar-refractivity contribution in [3.05, 3.63) is 22.5 Å². The first-order valence-electron chi connectivity index (χ1n) is 5.13. The Hall–Kier alpha value is -1.16. The van der Waals surface area contributed by atoms with Crippen LogP contribution in [0.15, 0.2) is 6.20 Å². The van der Waals surface area contributed by atoms with E-state index >= 15 is 0 Å². The van der Waals surface area contributed by atoms with E-state index < -0.39 is 0 Å². The molecule has 0 atom stereocenters. The second-order valence-corrected chi connectivity index (χ2v) is 4.90. The lowest BCUT2D eigenvalue weighted by Gasteiger charge is -1.97. The third-order valence-corrected chi connectivity index (χ3v) is 3.76. The SMILES string of the molecule is CCc1nc2sc(C(C)C)cn2c1C=O. The minimum atomic E-state index is 0.487. The van der Waals surface area contributed by atoms with E-state index in [1.54, 1.807) is 11.3 Å². The molecule has 3 nitrogen and oxygen atoms in total. The lowest BCUT2D eigenvalue weighted by atomic mass is 10.2. The summed E-state index contributed by atoms with van der Waals surface area (Å²) in [7, 11) is 0. The Morgan fingerprint density at radius 1 is 1.60 bits per heavy atom. The number of imidazole rings is 1. The molecule has 0 spiro atoms. The first-order valence-corrected chi connectivity index (χ1v) is 5.94. The molecule has 2 aromatic rings. The summed E-state index contributed by atoms with van der Waals surface area (Å²) in [6.07, 6.45) is 3.73. The van der Waals surface area contributed by atoms with Gasteiger partial charge in [-0.3, -0.25) is 9.20 Å². The van der Waals surface area contributed by atoms with Crippen LogP contribution in [0.2, 0.25) is 0 Å². The summed E-state index contributed by atoms with van der Waals surface area (Å²) in [5.41, 5.74) is 1.60. The maximum absolute atomic E-state index is 11.0. The predicted octanol–water partition coefficient (Wildman–Crippen LogP) is 2.89. The first-order chi connectivity index (χ1) is 7.17. The molecular weight excluding hydrogens is 208 g/mol. The smallest absolute Gasteiger partial charge is 0.194 e. The van der Waals surface area contributed by atoms with Gasteiger partial charge in [-0.2, -0.15) is 0 Å². The molecule has 0 amide bonds. The largest absolute Gasteiger partial charge is 0.296 e. The highest BCUT2D eigenvalue weighted by molar-refractivity contribution is 7.17. The number of fused-ring (bicyclic) bond motifs is 1. The van der Waals surface area contributed by atoms with Gasteiger partial charge in [-0.05, 0) is 12.3 Å². The molecule has 0 radical (unpaired) electrons. The van der Waals surface area contributed by atoms with E-state index in [0.29, 0.717) is 11.6 Å². The zero-order chi connectivity index (χ0) is 11.0. The van der Waals surface area contributed by atoms with Crippen molar-refractivity contribution in [2.45, 2.75) is 33.1 Å². The summed E-state index contributed by atoms with van der Waals surface area (Å²) in [5, 5.41) is 0. The van der Waals surface area contributed by atoms with Gasteiger partial charge in [-0.15, -0.1) is 11.3 Å². The molecule has 0 aliphatic rings. The molecule has 80 valence electrons. The predicted molar refractivity (Wildman–Crippen MR) is 61.9 cm³/mol. The van der Waals surface area contributed by atoms with Crippen LogP contribution in [0.3, 0.4) is 0 Å². The van der Waals surface area contributed by atoms with Crippen LogP contribution in [-0.4, -0.2) is 15.7 Å². The molecule has 2 heterocycles. The van der Waals surface area contributed by atoms with Gasteiger partial charge in [0.05, 0.1) is 5.69 Å². The zero-order valence-corrected chi connectivity index (χ0v) is 9.97. The van der Waals surface area contributed by atoms with Gasteiger partial charge in [0.2, 0.25) is 0 Å². The lowest BCUT2D eigenvalue weighted by Crippen LogP contribution is -1.92. The number of thiazole rings is 1. The number of aryl methyl sites for hydroxylation is 1. The van der Waals surface area contributed by atoms with Crippen molar-refractivity contribution in [1.29, 1.82) is 0 Å². The van der Waals surface area contributed by atoms with Crippen LogP contribution in [0.1, 0.15) is 47.7 Å². The van der Waals surface area contributed by atoms with E-state index in [-0.39, 0.29) is 0 Å². The summed E-state index contributed by atoms with van der Waals surface area (Å²) in [6.45, 7) is 6.31. The Labute approximate surface area is 92.8 Å². The molecule has 2 rings (SSSR count). The van der Waals surface area contributed by atoms with Gasteiger partial charge in [0, 0.05) is 11.1 Å². The van der Waals surface area contributed by atoms with E-state index in [0.717, 1.165) is 23.4 Å². The molecule has 0 saturated carbocycles. The molecule has 0 bridgehead atoms. The van der Waals surface area contributed by atoms with E-state index in [2.05, 4.69) is 18.8 Å². The standard InChI is InChI=1S/C11H14N2OS/c1-4-8-9(6-14)13-5-10(7(2)3)15-11(13)12-8/h5-7H,4H2,1-3H3. The third kappa shape index (κ3) is 1.59. The zero-order valence-electron chi connectivity index (χ0n) is 9.15.